The molecule has 0 heterocycles. The fourth-order valence-corrected chi connectivity index (χ4v) is 7.29. The van der Waals surface area contributed by atoms with Gasteiger partial charge in [-0.05, 0) is 129 Å². The van der Waals surface area contributed by atoms with Crippen molar-refractivity contribution in [2.45, 2.75) is 9.79 Å². The quantitative estimate of drug-likeness (QED) is 0.122. The van der Waals surface area contributed by atoms with Crippen LogP contribution in [0.3, 0.4) is 0 Å². The number of ether oxygens (including phenoxy) is 2. The summed E-state index contributed by atoms with van der Waals surface area (Å²) in [6.07, 6.45) is -1.27. The summed E-state index contributed by atoms with van der Waals surface area (Å²) in [6, 6.07) is 51.4. The number of amides is 2. The maximum atomic E-state index is 13.0. The average Bonchev–Trinajstić information content (AvgIpc) is 3.19. The number of hydrogen-bond donors (Lipinski definition) is 4. The smallest absolute Gasteiger partial charge is 0.417 e. The molecule has 0 fully saturated rings. The molecule has 0 unspecified atom stereocenters. The van der Waals surface area contributed by atoms with Crippen molar-refractivity contribution in [3.63, 3.8) is 0 Å². The summed E-state index contributed by atoms with van der Waals surface area (Å²) >= 11 is 1.49. The number of anilines is 2. The first-order chi connectivity index (χ1) is 26.8. The van der Waals surface area contributed by atoms with Gasteiger partial charge in [-0.2, -0.15) is 0 Å². The Kier molecular flexibility index (Phi) is 9.75. The number of benzene rings is 8. The van der Waals surface area contributed by atoms with Gasteiger partial charge in [0, 0.05) is 21.2 Å². The summed E-state index contributed by atoms with van der Waals surface area (Å²) in [6.45, 7) is 0. The highest BCUT2D eigenvalue weighted by Crippen LogP contribution is 2.43. The number of nitrogens with one attached hydrogen (secondary N) is 2. The van der Waals surface area contributed by atoms with E-state index in [1.807, 2.05) is 97.1 Å². The molecule has 0 saturated heterocycles. The molecule has 0 aliphatic rings. The van der Waals surface area contributed by atoms with Crippen LogP contribution in [0.15, 0.2) is 180 Å². The number of hydrogen-bond acceptors (Lipinski definition) is 7. The molecule has 2 amide bonds. The molecule has 0 aliphatic carbocycles. The second-order valence-corrected chi connectivity index (χ2v) is 13.7. The molecule has 4 N–H and O–H groups in total. The third-order valence-electron chi connectivity index (χ3n) is 8.89. The molecule has 268 valence electrons. The minimum absolute atomic E-state index is 0.128. The van der Waals surface area contributed by atoms with Crippen molar-refractivity contribution in [1.82, 2.24) is 0 Å². The summed E-state index contributed by atoms with van der Waals surface area (Å²) < 4.78 is 11.3. The van der Waals surface area contributed by atoms with Gasteiger partial charge in [-0.3, -0.25) is 10.6 Å². The van der Waals surface area contributed by atoms with E-state index in [0.29, 0.717) is 22.9 Å². The second kappa shape index (κ2) is 15.4. The predicted octanol–water partition coefficient (Wildman–Crippen LogP) is 12.1. The van der Waals surface area contributed by atoms with Crippen molar-refractivity contribution < 1.29 is 29.3 Å². The molecule has 8 aromatic carbocycles. The molecule has 0 radical (unpaired) electrons. The number of phenols is 2. The van der Waals surface area contributed by atoms with Gasteiger partial charge in [0.1, 0.15) is 23.0 Å². The van der Waals surface area contributed by atoms with Crippen LogP contribution < -0.4 is 20.1 Å². The molecule has 0 saturated carbocycles. The third kappa shape index (κ3) is 8.22. The van der Waals surface area contributed by atoms with Gasteiger partial charge in [-0.25, -0.2) is 9.59 Å². The summed E-state index contributed by atoms with van der Waals surface area (Å²) in [4.78, 5) is 27.8. The maximum Gasteiger partial charge on any atom is 0.417 e. The Balaban J connectivity index is 1.07. The van der Waals surface area contributed by atoms with Crippen molar-refractivity contribution >= 4 is 56.9 Å². The number of rotatable bonds is 8. The van der Waals surface area contributed by atoms with Gasteiger partial charge in [-0.1, -0.05) is 96.7 Å². The minimum atomic E-state index is -0.635. The van der Waals surface area contributed by atoms with Crippen LogP contribution in [0.1, 0.15) is 0 Å². The Morgan fingerprint density at radius 2 is 0.836 bits per heavy atom. The molecule has 0 aliphatic heterocycles. The molecule has 8 aromatic rings. The molecular formula is C46H32N2O6S. The zero-order valence-electron chi connectivity index (χ0n) is 29.1. The Morgan fingerprint density at radius 3 is 1.25 bits per heavy atom. The van der Waals surface area contributed by atoms with Crippen molar-refractivity contribution in [1.29, 1.82) is 0 Å². The highest BCUT2D eigenvalue weighted by atomic mass is 32.2. The molecule has 0 atom stereocenters. The van der Waals surface area contributed by atoms with Gasteiger partial charge in [-0.15, -0.1) is 0 Å². The van der Waals surface area contributed by atoms with E-state index >= 15 is 0 Å². The lowest BCUT2D eigenvalue weighted by Crippen LogP contribution is -2.16. The van der Waals surface area contributed by atoms with E-state index in [1.54, 1.807) is 72.8 Å². The third-order valence-corrected chi connectivity index (χ3v) is 10.0. The van der Waals surface area contributed by atoms with Gasteiger partial charge in [0.15, 0.2) is 0 Å². The lowest BCUT2D eigenvalue weighted by atomic mass is 10.0. The van der Waals surface area contributed by atoms with Crippen LogP contribution >= 0.6 is 11.8 Å². The van der Waals surface area contributed by atoms with Gasteiger partial charge in [0.25, 0.3) is 0 Å². The molecule has 55 heavy (non-hydrogen) atoms. The van der Waals surface area contributed by atoms with E-state index in [-0.39, 0.29) is 11.5 Å². The normalized spacial score (nSPS) is 10.9. The minimum Gasteiger partial charge on any atom is -0.508 e. The van der Waals surface area contributed by atoms with Crippen molar-refractivity contribution in [3.05, 3.63) is 170 Å². The number of fused-ring (bicyclic) bond motifs is 2. The molecule has 8 rings (SSSR count). The van der Waals surface area contributed by atoms with Gasteiger partial charge < -0.3 is 19.7 Å². The van der Waals surface area contributed by atoms with E-state index in [1.165, 1.54) is 11.8 Å². The SMILES string of the molecule is O=C(Nc1ccc(Sc2ccc(NC(=O)Oc3ccc4ccccc4c3)cc2-c2ccc(O)cc2)c(-c2ccc(O)cc2)c1)Oc1ccc2ccccc2c1. The number of phenolic OH excluding ortho intramolecular Hbond substituents is 2. The maximum absolute atomic E-state index is 13.0. The van der Waals surface area contributed by atoms with E-state index in [4.69, 9.17) is 9.47 Å². The molecule has 8 nitrogen and oxygen atoms in total. The fraction of sp³-hybridized carbons (Fsp3) is 0. The van der Waals surface area contributed by atoms with E-state index in [0.717, 1.165) is 53.6 Å². The Bertz CT molecular complexity index is 2510. The molecular weight excluding hydrogens is 709 g/mol. The van der Waals surface area contributed by atoms with Gasteiger partial charge in [0.05, 0.1) is 0 Å². The predicted molar refractivity (Wildman–Crippen MR) is 218 cm³/mol. The van der Waals surface area contributed by atoms with Crippen LogP contribution in [-0.2, 0) is 0 Å². The topological polar surface area (TPSA) is 117 Å². The first-order valence-corrected chi connectivity index (χ1v) is 18.1. The van der Waals surface area contributed by atoms with Crippen LogP contribution in [-0.4, -0.2) is 22.4 Å². The lowest BCUT2D eigenvalue weighted by molar-refractivity contribution is 0.214. The number of carbonyl (C=O) groups excluding carboxylic acids is 2. The Morgan fingerprint density at radius 1 is 0.436 bits per heavy atom. The van der Waals surface area contributed by atoms with Crippen LogP contribution in [0.5, 0.6) is 23.0 Å². The van der Waals surface area contributed by atoms with Crippen LogP contribution in [0.25, 0.3) is 43.8 Å². The van der Waals surface area contributed by atoms with Crippen molar-refractivity contribution in [3.8, 4) is 45.3 Å². The van der Waals surface area contributed by atoms with Gasteiger partial charge in [0.2, 0.25) is 0 Å². The number of aromatic hydroxyl groups is 2. The zero-order chi connectivity index (χ0) is 37.7. The molecule has 0 spiro atoms. The highest BCUT2D eigenvalue weighted by molar-refractivity contribution is 7.99. The molecule has 0 bridgehead atoms. The monoisotopic (exact) mass is 740 g/mol. The number of carbonyl (C=O) groups is 2. The van der Waals surface area contributed by atoms with E-state index in [2.05, 4.69) is 10.6 Å². The summed E-state index contributed by atoms with van der Waals surface area (Å²) in [5.74, 6) is 1.10. The first-order valence-electron chi connectivity index (χ1n) is 17.3. The average molecular weight is 741 g/mol. The van der Waals surface area contributed by atoms with Crippen molar-refractivity contribution in [2.75, 3.05) is 10.6 Å². The Hall–Kier alpha value is -7.23. The van der Waals surface area contributed by atoms with Crippen LogP contribution in [0.2, 0.25) is 0 Å². The van der Waals surface area contributed by atoms with Crippen LogP contribution in [0, 0.1) is 0 Å². The highest BCUT2D eigenvalue weighted by Gasteiger charge is 2.16. The van der Waals surface area contributed by atoms with Crippen molar-refractivity contribution in [2.24, 2.45) is 0 Å². The first kappa shape index (κ1) is 34.8. The largest absolute Gasteiger partial charge is 0.508 e. The fourth-order valence-electron chi connectivity index (χ4n) is 6.21. The lowest BCUT2D eigenvalue weighted by Gasteiger charge is -2.16. The zero-order valence-corrected chi connectivity index (χ0v) is 29.9. The van der Waals surface area contributed by atoms with Gasteiger partial charge >= 0.3 is 12.2 Å². The summed E-state index contributed by atoms with van der Waals surface area (Å²) in [7, 11) is 0. The summed E-state index contributed by atoms with van der Waals surface area (Å²) in [5.41, 5.74) is 4.25. The van der Waals surface area contributed by atoms with E-state index < -0.39 is 12.2 Å². The second-order valence-electron chi connectivity index (χ2n) is 12.7. The summed E-state index contributed by atoms with van der Waals surface area (Å²) in [5, 5.41) is 29.8. The Labute approximate surface area is 320 Å². The van der Waals surface area contributed by atoms with Crippen LogP contribution in [0.4, 0.5) is 21.0 Å². The van der Waals surface area contributed by atoms with E-state index in [9.17, 15) is 19.8 Å². The molecule has 9 heteroatoms. The standard InChI is InChI=1S/C46H32N2O6S/c49-37-17-9-31(10-18-37)41-27-35(47-45(51)53-39-21-13-29-5-1-3-7-33(29)25-39)15-23-43(41)55-44-24-16-36(28-42(44)32-11-19-38(50)20-12-32)48-46(52)54-40-22-14-30-6-2-4-8-34(30)26-40/h1-28,49-50H,(H,47,51)(H,48,52). The molecule has 0 aromatic heterocycles.